The summed E-state index contributed by atoms with van der Waals surface area (Å²) in [5.74, 6) is 1.56. The molecule has 1 saturated heterocycles. The van der Waals surface area contributed by atoms with Gasteiger partial charge in [0.15, 0.2) is 0 Å². The average Bonchev–Trinajstić information content (AvgIpc) is 2.88. The molecule has 0 spiro atoms. The van der Waals surface area contributed by atoms with Gasteiger partial charge in [-0.2, -0.15) is 0 Å². The molecule has 18 heavy (non-hydrogen) atoms. The Hall–Kier alpha value is -1.26. The molecule has 0 radical (unpaired) electrons. The minimum absolute atomic E-state index is 0.124. The third-order valence-corrected chi connectivity index (χ3v) is 3.15. The van der Waals surface area contributed by atoms with E-state index in [0.29, 0.717) is 6.61 Å². The number of hydrogen-bond acceptors (Lipinski definition) is 4. The van der Waals surface area contributed by atoms with Crippen molar-refractivity contribution in [2.24, 2.45) is 5.73 Å². The third-order valence-electron chi connectivity index (χ3n) is 3.15. The summed E-state index contributed by atoms with van der Waals surface area (Å²) in [5, 5.41) is 0. The Bertz CT molecular complexity index is 387. The predicted octanol–water partition coefficient (Wildman–Crippen LogP) is 2.27. The molecule has 100 valence electrons. The van der Waals surface area contributed by atoms with E-state index in [9.17, 15) is 0 Å². The lowest BCUT2D eigenvalue weighted by Gasteiger charge is -2.18. The van der Waals surface area contributed by atoms with E-state index in [1.807, 2.05) is 25.1 Å². The van der Waals surface area contributed by atoms with Crippen molar-refractivity contribution < 1.29 is 14.2 Å². The lowest BCUT2D eigenvalue weighted by atomic mass is 10.1. The van der Waals surface area contributed by atoms with Crippen LogP contribution < -0.4 is 15.2 Å². The van der Waals surface area contributed by atoms with E-state index in [4.69, 9.17) is 19.9 Å². The Morgan fingerprint density at radius 2 is 2.22 bits per heavy atom. The van der Waals surface area contributed by atoms with Gasteiger partial charge in [-0.15, -0.1) is 0 Å². The highest BCUT2D eigenvalue weighted by Crippen LogP contribution is 2.33. The van der Waals surface area contributed by atoms with Crippen LogP contribution in [0.1, 0.15) is 31.4 Å². The maximum Gasteiger partial charge on any atom is 0.127 e. The van der Waals surface area contributed by atoms with Crippen LogP contribution in [0.25, 0.3) is 0 Å². The zero-order valence-corrected chi connectivity index (χ0v) is 11.0. The number of hydrogen-bond donors (Lipinski definition) is 1. The van der Waals surface area contributed by atoms with Crippen LogP contribution in [0.4, 0.5) is 0 Å². The molecule has 2 rings (SSSR count). The van der Waals surface area contributed by atoms with E-state index >= 15 is 0 Å². The molecular formula is C14H21NO3. The molecule has 1 aromatic rings. The molecule has 2 atom stereocenters. The number of ether oxygens (including phenoxy) is 3. The van der Waals surface area contributed by atoms with Crippen LogP contribution in [0.2, 0.25) is 0 Å². The molecule has 2 unspecified atom stereocenters. The van der Waals surface area contributed by atoms with Crippen molar-refractivity contribution >= 4 is 0 Å². The van der Waals surface area contributed by atoms with Crippen LogP contribution in [0.3, 0.4) is 0 Å². The third kappa shape index (κ3) is 2.94. The topological polar surface area (TPSA) is 53.7 Å². The summed E-state index contributed by atoms with van der Waals surface area (Å²) in [6.07, 6.45) is 2.39. The van der Waals surface area contributed by atoms with E-state index in [2.05, 4.69) is 0 Å². The number of benzene rings is 1. The van der Waals surface area contributed by atoms with Crippen molar-refractivity contribution in [2.75, 3.05) is 20.3 Å². The molecule has 1 aromatic carbocycles. The summed E-state index contributed by atoms with van der Waals surface area (Å²) in [6.45, 7) is 3.34. The van der Waals surface area contributed by atoms with Crippen molar-refractivity contribution in [3.8, 4) is 11.5 Å². The van der Waals surface area contributed by atoms with Crippen LogP contribution in [0.15, 0.2) is 18.2 Å². The molecule has 2 N–H and O–H groups in total. The van der Waals surface area contributed by atoms with Gasteiger partial charge in [0, 0.05) is 12.6 Å². The molecule has 0 amide bonds. The Morgan fingerprint density at radius 3 is 2.83 bits per heavy atom. The summed E-state index contributed by atoms with van der Waals surface area (Å²) in [7, 11) is 1.64. The molecule has 4 nitrogen and oxygen atoms in total. The molecule has 0 aromatic heterocycles. The zero-order chi connectivity index (χ0) is 13.0. The Kier molecular flexibility index (Phi) is 4.44. The first-order valence-electron chi connectivity index (χ1n) is 6.39. The minimum atomic E-state index is -0.124. The van der Waals surface area contributed by atoms with Gasteiger partial charge in [-0.1, -0.05) is 6.07 Å². The van der Waals surface area contributed by atoms with Gasteiger partial charge in [0.25, 0.3) is 0 Å². The second kappa shape index (κ2) is 6.07. The van der Waals surface area contributed by atoms with Crippen molar-refractivity contribution in [1.82, 2.24) is 0 Å². The molecule has 1 heterocycles. The van der Waals surface area contributed by atoms with Crippen LogP contribution in [-0.2, 0) is 4.74 Å². The smallest absolute Gasteiger partial charge is 0.127 e. The van der Waals surface area contributed by atoms with Gasteiger partial charge in [-0.05, 0) is 31.9 Å². The molecular weight excluding hydrogens is 230 g/mol. The highest BCUT2D eigenvalue weighted by Gasteiger charge is 2.19. The number of methoxy groups -OCH3 is 1. The maximum absolute atomic E-state index is 5.98. The van der Waals surface area contributed by atoms with Crippen molar-refractivity contribution in [3.05, 3.63) is 23.8 Å². The quantitative estimate of drug-likeness (QED) is 0.872. The first-order chi connectivity index (χ1) is 8.72. The van der Waals surface area contributed by atoms with Gasteiger partial charge in [-0.3, -0.25) is 0 Å². The molecule has 0 bridgehead atoms. The Balaban J connectivity index is 2.10. The SMILES string of the molecule is COc1cccc(OCC2CCCO2)c1C(C)N. The van der Waals surface area contributed by atoms with Gasteiger partial charge >= 0.3 is 0 Å². The zero-order valence-electron chi connectivity index (χ0n) is 11.0. The van der Waals surface area contributed by atoms with Crippen LogP contribution in [0, 0.1) is 0 Å². The minimum Gasteiger partial charge on any atom is -0.496 e. The standard InChI is InChI=1S/C14H21NO3/c1-10(15)14-12(16-2)6-3-7-13(14)18-9-11-5-4-8-17-11/h3,6-7,10-11H,4-5,8-9,15H2,1-2H3. The number of rotatable bonds is 5. The van der Waals surface area contributed by atoms with Crippen molar-refractivity contribution in [3.63, 3.8) is 0 Å². The highest BCUT2D eigenvalue weighted by atomic mass is 16.5. The fraction of sp³-hybridized carbons (Fsp3) is 0.571. The Labute approximate surface area is 108 Å². The number of nitrogens with two attached hydrogens (primary N) is 1. The lowest BCUT2D eigenvalue weighted by Crippen LogP contribution is -2.18. The first kappa shape index (κ1) is 13.2. The molecule has 4 heteroatoms. The van der Waals surface area contributed by atoms with E-state index in [1.54, 1.807) is 7.11 Å². The second-order valence-corrected chi connectivity index (χ2v) is 4.61. The van der Waals surface area contributed by atoms with Gasteiger partial charge in [0.1, 0.15) is 18.1 Å². The van der Waals surface area contributed by atoms with E-state index in [-0.39, 0.29) is 12.1 Å². The summed E-state index contributed by atoms with van der Waals surface area (Å²) in [4.78, 5) is 0. The second-order valence-electron chi connectivity index (χ2n) is 4.61. The largest absolute Gasteiger partial charge is 0.496 e. The first-order valence-corrected chi connectivity index (χ1v) is 6.39. The summed E-state index contributed by atoms with van der Waals surface area (Å²) >= 11 is 0. The highest BCUT2D eigenvalue weighted by molar-refractivity contribution is 5.46. The van der Waals surface area contributed by atoms with E-state index in [1.165, 1.54) is 0 Å². The molecule has 0 aliphatic carbocycles. The molecule has 1 aliphatic rings. The summed E-state index contributed by atoms with van der Waals surface area (Å²) in [6, 6.07) is 5.62. The molecule has 1 fully saturated rings. The van der Waals surface area contributed by atoms with Crippen LogP contribution in [-0.4, -0.2) is 26.4 Å². The van der Waals surface area contributed by atoms with Gasteiger partial charge in [-0.25, -0.2) is 0 Å². The lowest BCUT2D eigenvalue weighted by molar-refractivity contribution is 0.0674. The van der Waals surface area contributed by atoms with Crippen molar-refractivity contribution in [1.29, 1.82) is 0 Å². The van der Waals surface area contributed by atoms with Gasteiger partial charge in [0.2, 0.25) is 0 Å². The molecule has 0 saturated carbocycles. The van der Waals surface area contributed by atoms with Crippen LogP contribution >= 0.6 is 0 Å². The summed E-state index contributed by atoms with van der Waals surface area (Å²) in [5.41, 5.74) is 6.90. The van der Waals surface area contributed by atoms with E-state index in [0.717, 1.165) is 36.5 Å². The maximum atomic E-state index is 5.98. The summed E-state index contributed by atoms with van der Waals surface area (Å²) < 4.78 is 16.7. The van der Waals surface area contributed by atoms with Crippen molar-refractivity contribution in [2.45, 2.75) is 31.9 Å². The van der Waals surface area contributed by atoms with E-state index < -0.39 is 0 Å². The normalized spacial score (nSPS) is 20.7. The predicted molar refractivity (Wildman–Crippen MR) is 70.1 cm³/mol. The average molecular weight is 251 g/mol. The molecule has 1 aliphatic heterocycles. The monoisotopic (exact) mass is 251 g/mol. The fourth-order valence-electron chi connectivity index (χ4n) is 2.24. The Morgan fingerprint density at radius 1 is 1.44 bits per heavy atom. The van der Waals surface area contributed by atoms with Crippen LogP contribution in [0.5, 0.6) is 11.5 Å². The van der Waals surface area contributed by atoms with Gasteiger partial charge in [0.05, 0.1) is 18.8 Å². The van der Waals surface area contributed by atoms with Gasteiger partial charge < -0.3 is 19.9 Å². The fourth-order valence-corrected chi connectivity index (χ4v) is 2.24.